The van der Waals surface area contributed by atoms with Crippen LogP contribution in [0.1, 0.15) is 43.0 Å². The van der Waals surface area contributed by atoms with Gasteiger partial charge in [0, 0.05) is 54.9 Å². The fourth-order valence-corrected chi connectivity index (χ4v) is 4.89. The van der Waals surface area contributed by atoms with Gasteiger partial charge in [-0.15, -0.1) is 0 Å². The summed E-state index contributed by atoms with van der Waals surface area (Å²) in [6.45, 7) is 6.26. The van der Waals surface area contributed by atoms with Gasteiger partial charge >= 0.3 is 6.18 Å². The zero-order valence-electron chi connectivity index (χ0n) is 20.0. The van der Waals surface area contributed by atoms with Gasteiger partial charge in [0.15, 0.2) is 0 Å². The Balaban J connectivity index is 1.70. The van der Waals surface area contributed by atoms with Gasteiger partial charge in [0.05, 0.1) is 18.7 Å². The maximum Gasteiger partial charge on any atom is 0.416 e. The number of alkyl halides is 3. The summed E-state index contributed by atoms with van der Waals surface area (Å²) >= 11 is 12.1. The number of benzene rings is 2. The first-order valence-corrected chi connectivity index (χ1v) is 12.3. The van der Waals surface area contributed by atoms with Crippen molar-refractivity contribution in [2.45, 2.75) is 38.9 Å². The predicted octanol–water partition coefficient (Wildman–Crippen LogP) is 6.24. The van der Waals surface area contributed by atoms with Crippen LogP contribution in [-0.4, -0.2) is 55.7 Å². The van der Waals surface area contributed by atoms with Crippen molar-refractivity contribution < 1.29 is 22.8 Å². The molecule has 0 N–H and O–H groups in total. The SMILES string of the molecule is CCN(OC)C(C)c1cc(C(F)(F)F)ccc1N1CCN(C(=O)CCc2ccc(Cl)cc2Cl)CC1. The highest BCUT2D eigenvalue weighted by Gasteiger charge is 2.33. The van der Waals surface area contributed by atoms with Crippen LogP contribution in [0.5, 0.6) is 0 Å². The van der Waals surface area contributed by atoms with Crippen molar-refractivity contribution in [2.24, 2.45) is 0 Å². The molecule has 10 heteroatoms. The van der Waals surface area contributed by atoms with E-state index in [0.717, 1.165) is 17.3 Å². The number of nitrogens with zero attached hydrogens (tertiary/aromatic N) is 3. The van der Waals surface area contributed by atoms with Crippen LogP contribution in [0.15, 0.2) is 36.4 Å². The summed E-state index contributed by atoms with van der Waals surface area (Å²) in [6, 6.07) is 8.69. The molecular formula is C25H30Cl2F3N3O2. The minimum atomic E-state index is -4.44. The standard InChI is InChI=1S/C25H30Cl2F3N3O2/c1-4-33(35-3)17(2)21-15-19(25(28,29)30)7-9-23(21)31-11-13-32(14-12-31)24(34)10-6-18-5-8-20(26)16-22(18)27/h5,7-9,15-17H,4,6,10-14H2,1-3H3. The van der Waals surface area contributed by atoms with Crippen molar-refractivity contribution in [3.63, 3.8) is 0 Å². The van der Waals surface area contributed by atoms with E-state index in [-0.39, 0.29) is 11.9 Å². The molecule has 3 rings (SSSR count). The molecule has 35 heavy (non-hydrogen) atoms. The van der Waals surface area contributed by atoms with Crippen LogP contribution in [0.25, 0.3) is 0 Å². The van der Waals surface area contributed by atoms with Crippen LogP contribution in [0, 0.1) is 0 Å². The topological polar surface area (TPSA) is 36.0 Å². The van der Waals surface area contributed by atoms with Crippen LogP contribution in [0.4, 0.5) is 18.9 Å². The minimum Gasteiger partial charge on any atom is -0.368 e. The first kappa shape index (κ1) is 27.6. The number of aryl methyl sites for hydroxylation is 1. The molecule has 192 valence electrons. The van der Waals surface area contributed by atoms with Gasteiger partial charge in [0.1, 0.15) is 0 Å². The second kappa shape index (κ2) is 11.8. The van der Waals surface area contributed by atoms with E-state index in [1.807, 2.05) is 24.8 Å². The number of hydrogen-bond acceptors (Lipinski definition) is 4. The third kappa shape index (κ3) is 6.82. The lowest BCUT2D eigenvalue weighted by atomic mass is 10.0. The average Bonchev–Trinajstić information content (AvgIpc) is 2.83. The van der Waals surface area contributed by atoms with Gasteiger partial charge in [-0.1, -0.05) is 36.2 Å². The lowest BCUT2D eigenvalue weighted by Crippen LogP contribution is -2.49. The summed E-state index contributed by atoms with van der Waals surface area (Å²) in [4.78, 5) is 22.0. The minimum absolute atomic E-state index is 0.0215. The van der Waals surface area contributed by atoms with E-state index in [1.54, 1.807) is 22.1 Å². The zero-order chi connectivity index (χ0) is 25.8. The van der Waals surface area contributed by atoms with Crippen molar-refractivity contribution in [3.05, 3.63) is 63.1 Å². The fourth-order valence-electron chi connectivity index (χ4n) is 4.39. The highest BCUT2D eigenvalue weighted by molar-refractivity contribution is 6.35. The number of carbonyl (C=O) groups excluding carboxylic acids is 1. The highest BCUT2D eigenvalue weighted by atomic mass is 35.5. The number of amides is 1. The molecule has 1 saturated heterocycles. The Kier molecular flexibility index (Phi) is 9.32. The molecule has 0 spiro atoms. The normalized spacial score (nSPS) is 15.6. The number of carbonyl (C=O) groups is 1. The fraction of sp³-hybridized carbons (Fsp3) is 0.480. The van der Waals surface area contributed by atoms with Crippen molar-refractivity contribution in [2.75, 3.05) is 44.7 Å². The second-order valence-corrected chi connectivity index (χ2v) is 9.31. The van der Waals surface area contributed by atoms with Gasteiger partial charge < -0.3 is 14.6 Å². The van der Waals surface area contributed by atoms with Crippen LogP contribution < -0.4 is 4.90 Å². The number of piperazine rings is 1. The molecule has 1 unspecified atom stereocenters. The predicted molar refractivity (Wildman–Crippen MR) is 133 cm³/mol. The molecule has 2 aromatic carbocycles. The van der Waals surface area contributed by atoms with Crippen LogP contribution in [0.3, 0.4) is 0 Å². The van der Waals surface area contributed by atoms with Gasteiger partial charge in [0.25, 0.3) is 0 Å². The lowest BCUT2D eigenvalue weighted by Gasteiger charge is -2.38. The van der Waals surface area contributed by atoms with E-state index in [0.29, 0.717) is 61.2 Å². The number of hydrogen-bond donors (Lipinski definition) is 0. The van der Waals surface area contributed by atoms with Crippen LogP contribution >= 0.6 is 23.2 Å². The Labute approximate surface area is 214 Å². The third-order valence-corrected chi connectivity index (χ3v) is 6.97. The Bertz CT molecular complexity index is 1020. The van der Waals surface area contributed by atoms with E-state index in [4.69, 9.17) is 28.0 Å². The smallest absolute Gasteiger partial charge is 0.368 e. The number of halogens is 5. The second-order valence-electron chi connectivity index (χ2n) is 8.47. The van der Waals surface area contributed by atoms with E-state index in [1.165, 1.54) is 19.2 Å². The average molecular weight is 532 g/mol. The first-order chi connectivity index (χ1) is 16.5. The van der Waals surface area contributed by atoms with Crippen molar-refractivity contribution in [1.29, 1.82) is 0 Å². The molecule has 1 atom stereocenters. The van der Waals surface area contributed by atoms with E-state index in [2.05, 4.69) is 0 Å². The Morgan fingerprint density at radius 1 is 1.11 bits per heavy atom. The molecule has 1 amide bonds. The first-order valence-electron chi connectivity index (χ1n) is 11.5. The molecule has 1 aliphatic heterocycles. The lowest BCUT2D eigenvalue weighted by molar-refractivity contribution is -0.156. The van der Waals surface area contributed by atoms with Crippen LogP contribution in [-0.2, 0) is 22.2 Å². The summed E-state index contributed by atoms with van der Waals surface area (Å²) in [5.41, 5.74) is 1.44. The summed E-state index contributed by atoms with van der Waals surface area (Å²) in [5.74, 6) is 0.0215. The molecule has 0 aromatic heterocycles. The molecule has 0 saturated carbocycles. The Morgan fingerprint density at radius 3 is 2.37 bits per heavy atom. The zero-order valence-corrected chi connectivity index (χ0v) is 21.6. The number of hydroxylamine groups is 2. The maximum absolute atomic E-state index is 13.4. The summed E-state index contributed by atoms with van der Waals surface area (Å²) < 4.78 is 40.3. The molecule has 5 nitrogen and oxygen atoms in total. The molecule has 0 bridgehead atoms. The molecule has 1 aliphatic rings. The molecule has 1 fully saturated rings. The van der Waals surface area contributed by atoms with Crippen molar-refractivity contribution in [1.82, 2.24) is 9.96 Å². The largest absolute Gasteiger partial charge is 0.416 e. The highest BCUT2D eigenvalue weighted by Crippen LogP contribution is 2.37. The van der Waals surface area contributed by atoms with E-state index in [9.17, 15) is 18.0 Å². The summed E-state index contributed by atoms with van der Waals surface area (Å²) in [5, 5.41) is 2.72. The maximum atomic E-state index is 13.4. The van der Waals surface area contributed by atoms with E-state index < -0.39 is 11.7 Å². The summed E-state index contributed by atoms with van der Waals surface area (Å²) in [6.07, 6.45) is -3.60. The van der Waals surface area contributed by atoms with Gasteiger partial charge in [-0.2, -0.15) is 18.2 Å². The van der Waals surface area contributed by atoms with E-state index >= 15 is 0 Å². The van der Waals surface area contributed by atoms with Gasteiger partial charge in [-0.05, 0) is 54.8 Å². The van der Waals surface area contributed by atoms with Gasteiger partial charge in [-0.25, -0.2) is 0 Å². The van der Waals surface area contributed by atoms with Crippen molar-refractivity contribution >= 4 is 34.8 Å². The number of rotatable bonds is 8. The molecular weight excluding hydrogens is 502 g/mol. The molecule has 0 radical (unpaired) electrons. The quantitative estimate of drug-likeness (QED) is 0.378. The monoisotopic (exact) mass is 531 g/mol. The Morgan fingerprint density at radius 2 is 1.80 bits per heavy atom. The molecule has 0 aliphatic carbocycles. The molecule has 2 aromatic rings. The Hall–Kier alpha value is -2.00. The number of anilines is 1. The molecule has 1 heterocycles. The van der Waals surface area contributed by atoms with Gasteiger partial charge in [0.2, 0.25) is 5.91 Å². The summed E-state index contributed by atoms with van der Waals surface area (Å²) in [7, 11) is 1.51. The van der Waals surface area contributed by atoms with Crippen molar-refractivity contribution in [3.8, 4) is 0 Å². The van der Waals surface area contributed by atoms with Gasteiger partial charge in [-0.3, -0.25) is 4.79 Å². The third-order valence-electron chi connectivity index (χ3n) is 6.38. The van der Waals surface area contributed by atoms with Crippen LogP contribution in [0.2, 0.25) is 10.0 Å².